The van der Waals surface area contributed by atoms with Gasteiger partial charge in [0, 0.05) is 36.8 Å². The van der Waals surface area contributed by atoms with Crippen LogP contribution >= 0.6 is 23.4 Å². The minimum Gasteiger partial charge on any atom is -0.339 e. The Labute approximate surface area is 189 Å². The summed E-state index contributed by atoms with van der Waals surface area (Å²) in [6.07, 6.45) is 0. The van der Waals surface area contributed by atoms with E-state index in [-0.39, 0.29) is 29.6 Å². The molecule has 3 aromatic rings. The Morgan fingerprint density at radius 2 is 1.71 bits per heavy atom. The molecule has 0 spiro atoms. The van der Waals surface area contributed by atoms with E-state index in [1.54, 1.807) is 17.0 Å². The lowest BCUT2D eigenvalue weighted by molar-refractivity contribution is -0.129. The number of nitrogens with zero attached hydrogens (tertiary/aromatic N) is 4. The summed E-state index contributed by atoms with van der Waals surface area (Å²) in [6.45, 7) is 1.19. The van der Waals surface area contributed by atoms with E-state index < -0.39 is 10.0 Å². The first-order valence-electron chi connectivity index (χ1n) is 9.57. The van der Waals surface area contributed by atoms with Gasteiger partial charge in [0.2, 0.25) is 21.1 Å². The number of thioether (sulfide) groups is 1. The number of piperazine rings is 1. The maximum Gasteiger partial charge on any atom is 0.243 e. The minimum absolute atomic E-state index is 0.0698. The molecule has 0 bridgehead atoms. The van der Waals surface area contributed by atoms with Crippen molar-refractivity contribution in [2.24, 2.45) is 0 Å². The van der Waals surface area contributed by atoms with Gasteiger partial charge >= 0.3 is 0 Å². The maximum atomic E-state index is 12.8. The molecule has 0 atom stereocenters. The third-order valence-corrected chi connectivity index (χ3v) is 7.88. The number of aromatic amines is 1. The Morgan fingerprint density at radius 1 is 1.03 bits per heavy atom. The zero-order chi connectivity index (χ0) is 21.8. The highest BCUT2D eigenvalue weighted by atomic mass is 35.5. The van der Waals surface area contributed by atoms with Gasteiger partial charge in [0.05, 0.1) is 10.6 Å². The summed E-state index contributed by atoms with van der Waals surface area (Å²) in [5.74, 6) is 0.770. The van der Waals surface area contributed by atoms with Crippen LogP contribution in [0, 0.1) is 0 Å². The number of aromatic nitrogens is 3. The first-order valence-corrected chi connectivity index (χ1v) is 12.4. The number of H-pyrrole nitrogens is 1. The number of halogens is 1. The van der Waals surface area contributed by atoms with Gasteiger partial charge in [-0.25, -0.2) is 13.4 Å². The van der Waals surface area contributed by atoms with Crippen LogP contribution in [0.2, 0.25) is 5.02 Å². The Kier molecular flexibility index (Phi) is 6.61. The van der Waals surface area contributed by atoms with Crippen molar-refractivity contribution in [3.05, 3.63) is 59.6 Å². The first kappa shape index (κ1) is 21.8. The molecule has 8 nitrogen and oxygen atoms in total. The van der Waals surface area contributed by atoms with Crippen LogP contribution in [0.25, 0.3) is 11.4 Å². The molecule has 11 heteroatoms. The van der Waals surface area contributed by atoms with Crippen molar-refractivity contribution in [1.29, 1.82) is 0 Å². The van der Waals surface area contributed by atoms with Gasteiger partial charge in [-0.2, -0.15) is 4.31 Å². The monoisotopic (exact) mass is 477 g/mol. The van der Waals surface area contributed by atoms with E-state index in [0.717, 1.165) is 5.56 Å². The van der Waals surface area contributed by atoms with Crippen LogP contribution in [0.1, 0.15) is 0 Å². The standard InChI is InChI=1S/C20H20ClN5O3S2/c21-16-6-8-17(9-7-16)31(28,29)26-12-10-25(11-13-26)18(27)14-30-20-22-19(23-24-20)15-4-2-1-3-5-15/h1-9H,10-14H2,(H,22,23,24). The molecule has 0 aliphatic carbocycles. The lowest BCUT2D eigenvalue weighted by Gasteiger charge is -2.34. The third-order valence-electron chi connectivity index (χ3n) is 4.88. The van der Waals surface area contributed by atoms with Crippen molar-refractivity contribution in [1.82, 2.24) is 24.4 Å². The number of benzene rings is 2. The molecule has 2 heterocycles. The van der Waals surface area contributed by atoms with Gasteiger partial charge in [-0.3, -0.25) is 9.89 Å². The molecule has 4 rings (SSSR count). The second kappa shape index (κ2) is 9.39. The lowest BCUT2D eigenvalue weighted by Crippen LogP contribution is -2.50. The van der Waals surface area contributed by atoms with Gasteiger partial charge < -0.3 is 4.90 Å². The third kappa shape index (κ3) is 5.09. The van der Waals surface area contributed by atoms with Crippen LogP contribution in [0.5, 0.6) is 0 Å². The van der Waals surface area contributed by atoms with E-state index in [1.807, 2.05) is 30.3 Å². The normalized spacial score (nSPS) is 15.2. The van der Waals surface area contributed by atoms with Gasteiger partial charge in [-0.15, -0.1) is 5.10 Å². The molecule has 31 heavy (non-hydrogen) atoms. The molecule has 2 aromatic carbocycles. The number of hydrogen-bond acceptors (Lipinski definition) is 6. The van der Waals surface area contributed by atoms with Gasteiger partial charge in [-0.1, -0.05) is 53.7 Å². The molecule has 1 aliphatic heterocycles. The highest BCUT2D eigenvalue weighted by molar-refractivity contribution is 7.99. The van der Waals surface area contributed by atoms with Crippen LogP contribution in [0.4, 0.5) is 0 Å². The van der Waals surface area contributed by atoms with E-state index in [0.29, 0.717) is 29.1 Å². The molecule has 1 saturated heterocycles. The molecule has 162 valence electrons. The number of carbonyl (C=O) groups excluding carboxylic acids is 1. The number of carbonyl (C=O) groups is 1. The Balaban J connectivity index is 1.30. The van der Waals surface area contributed by atoms with Crippen molar-refractivity contribution in [3.8, 4) is 11.4 Å². The fraction of sp³-hybridized carbons (Fsp3) is 0.250. The minimum atomic E-state index is -3.60. The molecule has 0 radical (unpaired) electrons. The van der Waals surface area contributed by atoms with Crippen molar-refractivity contribution >= 4 is 39.3 Å². The predicted molar refractivity (Wildman–Crippen MR) is 119 cm³/mol. The number of rotatable bonds is 6. The maximum absolute atomic E-state index is 12.8. The van der Waals surface area contributed by atoms with Crippen LogP contribution < -0.4 is 0 Å². The molecule has 1 fully saturated rings. The topological polar surface area (TPSA) is 99.3 Å². The molecule has 1 amide bonds. The zero-order valence-corrected chi connectivity index (χ0v) is 18.8. The Hall–Kier alpha value is -2.40. The van der Waals surface area contributed by atoms with E-state index in [1.165, 1.54) is 28.2 Å². The SMILES string of the molecule is O=C(CSc1n[nH]c(-c2ccccc2)n1)N1CCN(S(=O)(=O)c2ccc(Cl)cc2)CC1. The van der Waals surface area contributed by atoms with Crippen molar-refractivity contribution in [3.63, 3.8) is 0 Å². The Bertz CT molecular complexity index is 1150. The summed E-state index contributed by atoms with van der Waals surface area (Å²) in [6, 6.07) is 15.7. The summed E-state index contributed by atoms with van der Waals surface area (Å²) in [4.78, 5) is 18.9. The first-order chi connectivity index (χ1) is 14.9. The second-order valence-corrected chi connectivity index (χ2v) is 10.2. The van der Waals surface area contributed by atoms with Crippen LogP contribution in [-0.2, 0) is 14.8 Å². The highest BCUT2D eigenvalue weighted by Crippen LogP contribution is 2.22. The van der Waals surface area contributed by atoms with Gasteiger partial charge in [-0.05, 0) is 24.3 Å². The average molecular weight is 478 g/mol. The van der Waals surface area contributed by atoms with Gasteiger partial charge in [0.25, 0.3) is 0 Å². The quantitative estimate of drug-likeness (QED) is 0.548. The predicted octanol–water partition coefficient (Wildman–Crippen LogP) is 2.75. The van der Waals surface area contributed by atoms with Crippen molar-refractivity contribution in [2.45, 2.75) is 10.1 Å². The molecule has 1 aliphatic rings. The van der Waals surface area contributed by atoms with Gasteiger partial charge in [0.15, 0.2) is 5.82 Å². The van der Waals surface area contributed by atoms with Crippen LogP contribution in [0.15, 0.2) is 64.6 Å². The largest absolute Gasteiger partial charge is 0.339 e. The number of amides is 1. The van der Waals surface area contributed by atoms with Gasteiger partial charge in [0.1, 0.15) is 0 Å². The Morgan fingerprint density at radius 3 is 2.39 bits per heavy atom. The molecule has 0 unspecified atom stereocenters. The van der Waals surface area contributed by atoms with E-state index in [2.05, 4.69) is 15.2 Å². The summed E-state index contributed by atoms with van der Waals surface area (Å²) in [5, 5.41) is 8.01. The summed E-state index contributed by atoms with van der Waals surface area (Å²) in [5.41, 5.74) is 0.922. The average Bonchev–Trinajstić information content (AvgIpc) is 3.27. The van der Waals surface area contributed by atoms with E-state index in [9.17, 15) is 13.2 Å². The smallest absolute Gasteiger partial charge is 0.243 e. The molecular weight excluding hydrogens is 458 g/mol. The van der Waals surface area contributed by atoms with E-state index in [4.69, 9.17) is 11.6 Å². The van der Waals surface area contributed by atoms with Crippen LogP contribution in [0.3, 0.4) is 0 Å². The number of sulfonamides is 1. The molecule has 0 saturated carbocycles. The lowest BCUT2D eigenvalue weighted by atomic mass is 10.2. The van der Waals surface area contributed by atoms with Crippen LogP contribution in [-0.4, -0.2) is 70.6 Å². The highest BCUT2D eigenvalue weighted by Gasteiger charge is 2.30. The summed E-state index contributed by atoms with van der Waals surface area (Å²) < 4.78 is 26.9. The second-order valence-electron chi connectivity index (χ2n) is 6.86. The zero-order valence-electron chi connectivity index (χ0n) is 16.4. The van der Waals surface area contributed by atoms with Crippen molar-refractivity contribution in [2.75, 3.05) is 31.9 Å². The number of nitrogens with one attached hydrogen (secondary N) is 1. The molecule has 1 N–H and O–H groups in total. The fourth-order valence-corrected chi connectivity index (χ4v) is 5.44. The summed E-state index contributed by atoms with van der Waals surface area (Å²) >= 11 is 7.10. The fourth-order valence-electron chi connectivity index (χ4n) is 3.19. The van der Waals surface area contributed by atoms with E-state index >= 15 is 0 Å². The van der Waals surface area contributed by atoms with Crippen molar-refractivity contribution < 1.29 is 13.2 Å². The molecule has 1 aromatic heterocycles. The molecular formula is C20H20ClN5O3S2. The number of hydrogen-bond donors (Lipinski definition) is 1. The summed E-state index contributed by atoms with van der Waals surface area (Å²) in [7, 11) is -3.60.